The molecule has 1 heterocycles. The van der Waals surface area contributed by atoms with Crippen LogP contribution >= 0.6 is 0 Å². The Morgan fingerprint density at radius 2 is 1.67 bits per heavy atom. The third-order valence-electron chi connectivity index (χ3n) is 2.02. The van der Waals surface area contributed by atoms with Crippen LogP contribution < -0.4 is 0 Å². The summed E-state index contributed by atoms with van der Waals surface area (Å²) in [6, 6.07) is 8.26. The zero-order chi connectivity index (χ0) is 11.3. The lowest BCUT2D eigenvalue weighted by atomic mass is 10.1. The lowest BCUT2D eigenvalue weighted by Gasteiger charge is -1.99. The van der Waals surface area contributed by atoms with Crippen molar-refractivity contribution in [2.24, 2.45) is 7.05 Å². The van der Waals surface area contributed by atoms with Crippen LogP contribution in [0.15, 0.2) is 30.6 Å². The molecule has 0 aliphatic heterocycles. The Labute approximate surface area is 90.8 Å². The van der Waals surface area contributed by atoms with E-state index in [1.54, 1.807) is 11.0 Å². The molecule has 0 spiro atoms. The number of benzene rings is 1. The van der Waals surface area contributed by atoms with Gasteiger partial charge in [-0.25, -0.2) is 9.67 Å². The molecule has 0 fully saturated rings. The number of nitrogens with zero attached hydrogens (tertiary/aromatic N) is 3. The van der Waals surface area contributed by atoms with Gasteiger partial charge in [-0.2, -0.15) is 5.10 Å². The fourth-order valence-corrected chi connectivity index (χ4v) is 1.26. The summed E-state index contributed by atoms with van der Waals surface area (Å²) >= 11 is 0. The van der Waals surface area contributed by atoms with E-state index in [9.17, 15) is 0 Å². The van der Waals surface area contributed by atoms with Crippen molar-refractivity contribution in [1.82, 2.24) is 14.8 Å². The van der Waals surface area contributed by atoms with Crippen molar-refractivity contribution in [2.75, 3.05) is 0 Å². The normalized spacial score (nSPS) is 9.33. The topological polar surface area (TPSA) is 30.7 Å². The van der Waals surface area contributed by atoms with E-state index < -0.39 is 0 Å². The highest BCUT2D eigenvalue weighted by molar-refractivity contribution is 5.55. The van der Waals surface area contributed by atoms with E-state index >= 15 is 0 Å². The minimum Gasteiger partial charge on any atom is -0.249 e. The minimum absolute atomic E-state index is 0.903. The molecule has 0 saturated heterocycles. The predicted molar refractivity (Wildman–Crippen MR) is 62.5 cm³/mol. The van der Waals surface area contributed by atoms with Crippen molar-refractivity contribution in [3.05, 3.63) is 36.2 Å². The van der Waals surface area contributed by atoms with Crippen LogP contribution in [0, 0.1) is 6.92 Å². The van der Waals surface area contributed by atoms with E-state index in [0.717, 1.165) is 11.4 Å². The molecule has 0 amide bonds. The van der Waals surface area contributed by atoms with Gasteiger partial charge in [-0.3, -0.25) is 0 Å². The van der Waals surface area contributed by atoms with Gasteiger partial charge >= 0.3 is 0 Å². The number of hydrogen-bond acceptors (Lipinski definition) is 2. The van der Waals surface area contributed by atoms with Gasteiger partial charge in [0.15, 0.2) is 5.82 Å². The molecule has 15 heavy (non-hydrogen) atoms. The number of hydrogen-bond donors (Lipinski definition) is 0. The Morgan fingerprint density at radius 3 is 2.13 bits per heavy atom. The maximum atomic E-state index is 4.17. The van der Waals surface area contributed by atoms with Crippen molar-refractivity contribution in [2.45, 2.75) is 20.8 Å². The van der Waals surface area contributed by atoms with Gasteiger partial charge in [0.1, 0.15) is 6.33 Å². The third kappa shape index (κ3) is 2.65. The van der Waals surface area contributed by atoms with Gasteiger partial charge in [0.2, 0.25) is 0 Å². The summed E-state index contributed by atoms with van der Waals surface area (Å²) in [6.07, 6.45) is 1.56. The lowest BCUT2D eigenvalue weighted by molar-refractivity contribution is 0.774. The molecule has 0 unspecified atom stereocenters. The molecule has 3 heteroatoms. The molecule has 80 valence electrons. The standard InChI is InChI=1S/C10H11N3.C2H6/c1-8-3-5-9(6-4-8)10-11-7-12-13(10)2;1-2/h3-7H,1-2H3;1-2H3. The fraction of sp³-hybridized carbons (Fsp3) is 0.333. The first-order valence-corrected chi connectivity index (χ1v) is 5.18. The summed E-state index contributed by atoms with van der Waals surface area (Å²) < 4.78 is 1.77. The van der Waals surface area contributed by atoms with Crippen LogP contribution in [0.25, 0.3) is 11.4 Å². The van der Waals surface area contributed by atoms with Crippen LogP contribution in [0.3, 0.4) is 0 Å². The minimum atomic E-state index is 0.903. The SMILES string of the molecule is CC.Cc1ccc(-c2ncnn2C)cc1. The van der Waals surface area contributed by atoms with Gasteiger partial charge in [-0.05, 0) is 6.92 Å². The van der Waals surface area contributed by atoms with Crippen LogP contribution in [0.5, 0.6) is 0 Å². The first-order valence-electron chi connectivity index (χ1n) is 5.18. The van der Waals surface area contributed by atoms with Gasteiger partial charge in [0.05, 0.1) is 0 Å². The Bertz CT molecular complexity index is 401. The summed E-state index contributed by atoms with van der Waals surface area (Å²) in [7, 11) is 1.89. The molecule has 0 radical (unpaired) electrons. The zero-order valence-corrected chi connectivity index (χ0v) is 9.73. The molecule has 1 aromatic carbocycles. The number of aryl methyl sites for hydroxylation is 2. The van der Waals surface area contributed by atoms with Gasteiger partial charge in [-0.15, -0.1) is 0 Å². The molecule has 2 rings (SSSR count). The van der Waals surface area contributed by atoms with Crippen molar-refractivity contribution < 1.29 is 0 Å². The molecule has 0 atom stereocenters. The average Bonchev–Trinajstić information content (AvgIpc) is 2.69. The quantitative estimate of drug-likeness (QED) is 0.713. The van der Waals surface area contributed by atoms with E-state index in [1.165, 1.54) is 5.56 Å². The molecule has 0 aliphatic rings. The number of rotatable bonds is 1. The van der Waals surface area contributed by atoms with Crippen LogP contribution in [-0.4, -0.2) is 14.8 Å². The van der Waals surface area contributed by atoms with Crippen LogP contribution in [-0.2, 0) is 7.05 Å². The summed E-state index contributed by atoms with van der Waals surface area (Å²) in [5.41, 5.74) is 2.36. The summed E-state index contributed by atoms with van der Waals surface area (Å²) in [4.78, 5) is 4.17. The third-order valence-corrected chi connectivity index (χ3v) is 2.02. The highest BCUT2D eigenvalue weighted by Crippen LogP contribution is 2.15. The van der Waals surface area contributed by atoms with E-state index in [4.69, 9.17) is 0 Å². The molecule has 0 N–H and O–H groups in total. The van der Waals surface area contributed by atoms with Crippen LogP contribution in [0.4, 0.5) is 0 Å². The predicted octanol–water partition coefficient (Wildman–Crippen LogP) is 2.82. The van der Waals surface area contributed by atoms with Crippen molar-refractivity contribution in [1.29, 1.82) is 0 Å². The van der Waals surface area contributed by atoms with Gasteiger partial charge < -0.3 is 0 Å². The Balaban J connectivity index is 0.000000531. The summed E-state index contributed by atoms with van der Waals surface area (Å²) in [5.74, 6) is 0.903. The smallest absolute Gasteiger partial charge is 0.157 e. The second-order valence-electron chi connectivity index (χ2n) is 3.07. The first kappa shape index (κ1) is 11.4. The second-order valence-corrected chi connectivity index (χ2v) is 3.07. The lowest BCUT2D eigenvalue weighted by Crippen LogP contribution is -1.93. The van der Waals surface area contributed by atoms with Crippen LogP contribution in [0.2, 0.25) is 0 Å². The second kappa shape index (κ2) is 5.29. The van der Waals surface area contributed by atoms with E-state index in [2.05, 4.69) is 41.3 Å². The summed E-state index contributed by atoms with van der Waals surface area (Å²) in [5, 5.41) is 4.02. The van der Waals surface area contributed by atoms with E-state index in [-0.39, 0.29) is 0 Å². The monoisotopic (exact) mass is 203 g/mol. The molecular weight excluding hydrogens is 186 g/mol. The Morgan fingerprint density at radius 1 is 1.07 bits per heavy atom. The van der Waals surface area contributed by atoms with E-state index in [1.807, 2.05) is 20.9 Å². The molecule has 0 saturated carbocycles. The van der Waals surface area contributed by atoms with Gasteiger partial charge in [-0.1, -0.05) is 43.7 Å². The van der Waals surface area contributed by atoms with Crippen LogP contribution in [0.1, 0.15) is 19.4 Å². The maximum absolute atomic E-state index is 4.17. The fourth-order valence-electron chi connectivity index (χ4n) is 1.26. The first-order chi connectivity index (χ1) is 7.27. The molecule has 2 aromatic rings. The Kier molecular flexibility index (Phi) is 4.03. The largest absolute Gasteiger partial charge is 0.249 e. The van der Waals surface area contributed by atoms with Gasteiger partial charge in [0, 0.05) is 12.6 Å². The van der Waals surface area contributed by atoms with Crippen molar-refractivity contribution in [3.8, 4) is 11.4 Å². The molecular formula is C12H17N3. The highest BCUT2D eigenvalue weighted by Gasteiger charge is 2.02. The van der Waals surface area contributed by atoms with Crippen molar-refractivity contribution in [3.63, 3.8) is 0 Å². The molecule has 3 nitrogen and oxygen atoms in total. The Hall–Kier alpha value is -1.64. The zero-order valence-electron chi connectivity index (χ0n) is 9.73. The van der Waals surface area contributed by atoms with Crippen molar-refractivity contribution >= 4 is 0 Å². The summed E-state index contributed by atoms with van der Waals surface area (Å²) in [6.45, 7) is 6.07. The molecule has 0 bridgehead atoms. The number of aromatic nitrogens is 3. The molecule has 1 aromatic heterocycles. The van der Waals surface area contributed by atoms with Gasteiger partial charge in [0.25, 0.3) is 0 Å². The average molecular weight is 203 g/mol. The van der Waals surface area contributed by atoms with E-state index in [0.29, 0.717) is 0 Å². The maximum Gasteiger partial charge on any atom is 0.157 e. The molecule has 0 aliphatic carbocycles. The highest BCUT2D eigenvalue weighted by atomic mass is 15.3.